The monoisotopic (exact) mass is 413 g/mol. The van der Waals surface area contributed by atoms with Gasteiger partial charge in [0, 0.05) is 11.5 Å². The van der Waals surface area contributed by atoms with E-state index in [2.05, 4.69) is 22.2 Å². The molecule has 28 heavy (non-hydrogen) atoms. The van der Waals surface area contributed by atoms with Gasteiger partial charge in [-0.25, -0.2) is 4.39 Å². The smallest absolute Gasteiger partial charge is 0.387 e. The maximum atomic E-state index is 13.8. The van der Waals surface area contributed by atoms with Crippen LogP contribution in [0.4, 0.5) is 13.2 Å². The van der Waals surface area contributed by atoms with E-state index in [1.54, 1.807) is 0 Å². The molecule has 2 aromatic rings. The first-order valence-corrected chi connectivity index (χ1v) is 9.24. The Labute approximate surface area is 168 Å². The van der Waals surface area contributed by atoms with Gasteiger partial charge in [0.1, 0.15) is 11.6 Å². The lowest BCUT2D eigenvalue weighted by Gasteiger charge is -2.41. The molecule has 0 saturated carbocycles. The Morgan fingerprint density at radius 2 is 1.93 bits per heavy atom. The van der Waals surface area contributed by atoms with Gasteiger partial charge in [-0.1, -0.05) is 30.3 Å². The van der Waals surface area contributed by atoms with Crippen molar-refractivity contribution in [2.24, 2.45) is 0 Å². The lowest BCUT2D eigenvalue weighted by Crippen LogP contribution is -2.48. The SMILES string of the molecule is Cl.Fc1ccc(OC(F)F)c([C@@H]2CO[C@]3(CCCN[C@H]3c3ccccc3)C2)c1. The molecule has 1 N–H and O–H groups in total. The van der Waals surface area contributed by atoms with Crippen molar-refractivity contribution >= 4 is 12.4 Å². The van der Waals surface area contributed by atoms with Crippen LogP contribution in [0, 0.1) is 5.82 Å². The highest BCUT2D eigenvalue weighted by Gasteiger charge is 2.49. The summed E-state index contributed by atoms with van der Waals surface area (Å²) in [7, 11) is 0. The quantitative estimate of drug-likeness (QED) is 0.745. The summed E-state index contributed by atoms with van der Waals surface area (Å²) in [5, 5.41) is 3.55. The van der Waals surface area contributed by atoms with Gasteiger partial charge in [-0.3, -0.25) is 0 Å². The number of benzene rings is 2. The number of rotatable bonds is 4. The predicted molar refractivity (Wildman–Crippen MR) is 103 cm³/mol. The second-order valence-corrected chi connectivity index (χ2v) is 7.24. The van der Waals surface area contributed by atoms with E-state index >= 15 is 0 Å². The fraction of sp³-hybridized carbons (Fsp3) is 0.429. The minimum absolute atomic E-state index is 0. The van der Waals surface area contributed by atoms with Crippen LogP contribution < -0.4 is 10.1 Å². The van der Waals surface area contributed by atoms with Gasteiger partial charge in [0.2, 0.25) is 0 Å². The summed E-state index contributed by atoms with van der Waals surface area (Å²) in [5.41, 5.74) is 1.16. The molecule has 3 atom stereocenters. The number of nitrogens with one attached hydrogen (secondary N) is 1. The van der Waals surface area contributed by atoms with Gasteiger partial charge in [0.25, 0.3) is 0 Å². The Bertz CT molecular complexity index is 792. The van der Waals surface area contributed by atoms with Crippen LogP contribution in [0.3, 0.4) is 0 Å². The molecule has 0 bridgehead atoms. The molecule has 0 aliphatic carbocycles. The summed E-state index contributed by atoms with van der Waals surface area (Å²) in [6.45, 7) is -1.69. The topological polar surface area (TPSA) is 30.5 Å². The molecule has 2 aliphatic rings. The van der Waals surface area contributed by atoms with Crippen LogP contribution in [-0.2, 0) is 4.74 Å². The molecule has 1 spiro atoms. The molecular formula is C21H23ClF3NO2. The van der Waals surface area contributed by atoms with E-state index in [0.717, 1.165) is 31.0 Å². The Hall–Kier alpha value is -1.76. The lowest BCUT2D eigenvalue weighted by atomic mass is 9.77. The summed E-state index contributed by atoms with van der Waals surface area (Å²) in [5.74, 6) is -0.633. The standard InChI is InChI=1S/C21H22F3NO2.ClH/c22-16-7-8-18(27-20(23)24)17(11-16)15-12-21(26-13-15)9-4-10-25-19(21)14-5-2-1-3-6-14;/h1-3,5-8,11,15,19-20,25H,4,9-10,12-13H2;1H/t15-,19-,21+;/m0./s1. The zero-order chi connectivity index (χ0) is 18.9. The highest BCUT2D eigenvalue weighted by Crippen LogP contribution is 2.49. The minimum Gasteiger partial charge on any atom is -0.435 e. The first-order valence-electron chi connectivity index (χ1n) is 9.24. The second kappa shape index (κ2) is 8.72. The molecule has 2 aliphatic heterocycles. The van der Waals surface area contributed by atoms with Crippen molar-refractivity contribution in [3.63, 3.8) is 0 Å². The van der Waals surface area contributed by atoms with E-state index in [0.29, 0.717) is 18.6 Å². The van der Waals surface area contributed by atoms with Crippen LogP contribution in [0.1, 0.15) is 42.3 Å². The fourth-order valence-electron chi connectivity index (χ4n) is 4.45. The third-order valence-electron chi connectivity index (χ3n) is 5.58. The number of alkyl halides is 2. The Morgan fingerprint density at radius 1 is 1.14 bits per heavy atom. The molecule has 2 fully saturated rings. The van der Waals surface area contributed by atoms with Crippen LogP contribution >= 0.6 is 12.4 Å². The van der Waals surface area contributed by atoms with Crippen molar-refractivity contribution in [2.45, 2.75) is 43.4 Å². The number of halogens is 4. The van der Waals surface area contributed by atoms with Crippen LogP contribution in [0.25, 0.3) is 0 Å². The first-order chi connectivity index (χ1) is 13.1. The molecule has 0 amide bonds. The molecule has 3 nitrogen and oxygen atoms in total. The summed E-state index contributed by atoms with van der Waals surface area (Å²) >= 11 is 0. The summed E-state index contributed by atoms with van der Waals surface area (Å²) < 4.78 is 50.3. The van der Waals surface area contributed by atoms with Crippen LogP contribution in [0.2, 0.25) is 0 Å². The molecule has 0 radical (unpaired) electrons. The molecule has 0 aromatic heterocycles. The van der Waals surface area contributed by atoms with Crippen molar-refractivity contribution in [3.8, 4) is 5.75 Å². The average Bonchev–Trinajstić information content (AvgIpc) is 3.08. The van der Waals surface area contributed by atoms with E-state index in [9.17, 15) is 13.2 Å². The summed E-state index contributed by atoms with van der Waals surface area (Å²) in [6.07, 6.45) is 2.47. The molecule has 2 heterocycles. The molecule has 0 unspecified atom stereocenters. The van der Waals surface area contributed by atoms with Gasteiger partial charge >= 0.3 is 6.61 Å². The van der Waals surface area contributed by atoms with E-state index in [1.165, 1.54) is 12.1 Å². The van der Waals surface area contributed by atoms with Crippen molar-refractivity contribution in [1.29, 1.82) is 0 Å². The van der Waals surface area contributed by atoms with Gasteiger partial charge in [0.05, 0.1) is 18.2 Å². The largest absolute Gasteiger partial charge is 0.435 e. The van der Waals surface area contributed by atoms with Crippen molar-refractivity contribution in [3.05, 3.63) is 65.5 Å². The molecular weight excluding hydrogens is 391 g/mol. The van der Waals surface area contributed by atoms with Crippen molar-refractivity contribution in [1.82, 2.24) is 5.32 Å². The predicted octanol–water partition coefficient (Wildman–Crippen LogP) is 5.22. The van der Waals surface area contributed by atoms with E-state index in [4.69, 9.17) is 4.74 Å². The lowest BCUT2D eigenvalue weighted by molar-refractivity contribution is -0.0512. The van der Waals surface area contributed by atoms with E-state index < -0.39 is 18.0 Å². The first kappa shape index (κ1) is 21.0. The van der Waals surface area contributed by atoms with E-state index in [1.807, 2.05) is 18.2 Å². The van der Waals surface area contributed by atoms with Gasteiger partial charge in [0.15, 0.2) is 0 Å². The number of hydrogen-bond donors (Lipinski definition) is 1. The molecule has 2 aromatic carbocycles. The van der Waals surface area contributed by atoms with Gasteiger partial charge in [-0.15, -0.1) is 12.4 Å². The van der Waals surface area contributed by atoms with Crippen LogP contribution in [-0.4, -0.2) is 25.4 Å². The molecule has 2 saturated heterocycles. The average molecular weight is 414 g/mol. The third kappa shape index (κ3) is 4.14. The fourth-order valence-corrected chi connectivity index (χ4v) is 4.45. The van der Waals surface area contributed by atoms with Crippen molar-refractivity contribution in [2.75, 3.05) is 13.2 Å². The van der Waals surface area contributed by atoms with Gasteiger partial charge in [-0.05, 0) is 49.6 Å². The zero-order valence-corrected chi connectivity index (χ0v) is 16.1. The Morgan fingerprint density at radius 3 is 2.68 bits per heavy atom. The minimum atomic E-state index is -2.95. The maximum absolute atomic E-state index is 13.8. The summed E-state index contributed by atoms with van der Waals surface area (Å²) in [4.78, 5) is 0. The van der Waals surface area contributed by atoms with Gasteiger partial charge < -0.3 is 14.8 Å². The molecule has 4 rings (SSSR count). The highest BCUT2D eigenvalue weighted by atomic mass is 35.5. The maximum Gasteiger partial charge on any atom is 0.387 e. The summed E-state index contributed by atoms with van der Waals surface area (Å²) in [6, 6.07) is 13.8. The van der Waals surface area contributed by atoms with Crippen LogP contribution in [0.15, 0.2) is 48.5 Å². The van der Waals surface area contributed by atoms with Gasteiger partial charge in [-0.2, -0.15) is 8.78 Å². The Balaban J connectivity index is 0.00000225. The number of piperidine rings is 1. The highest BCUT2D eigenvalue weighted by molar-refractivity contribution is 5.85. The third-order valence-corrected chi connectivity index (χ3v) is 5.58. The zero-order valence-electron chi connectivity index (χ0n) is 15.2. The normalized spacial score (nSPS) is 27.0. The second-order valence-electron chi connectivity index (χ2n) is 7.24. The number of hydrogen-bond acceptors (Lipinski definition) is 3. The van der Waals surface area contributed by atoms with E-state index in [-0.39, 0.29) is 30.1 Å². The Kier molecular flexibility index (Phi) is 6.53. The number of ether oxygens (including phenoxy) is 2. The molecule has 7 heteroatoms. The molecule has 152 valence electrons. The van der Waals surface area contributed by atoms with Crippen LogP contribution in [0.5, 0.6) is 5.75 Å². The van der Waals surface area contributed by atoms with Crippen molar-refractivity contribution < 1.29 is 22.6 Å².